The van der Waals surface area contributed by atoms with Gasteiger partial charge in [-0.3, -0.25) is 0 Å². The van der Waals surface area contributed by atoms with Crippen molar-refractivity contribution >= 4 is 11.3 Å². The topological polar surface area (TPSA) is 16.6 Å². The van der Waals surface area contributed by atoms with Crippen molar-refractivity contribution in [1.29, 1.82) is 0 Å². The van der Waals surface area contributed by atoms with Crippen LogP contribution in [0, 0.1) is 6.92 Å². The highest BCUT2D eigenvalue weighted by molar-refractivity contribution is 7.11. The summed E-state index contributed by atoms with van der Waals surface area (Å²) in [4.78, 5) is 2.86. The normalized spacial score (nSPS) is 12.6. The van der Waals surface area contributed by atoms with Crippen LogP contribution in [0.4, 0.5) is 0 Å². The molecule has 0 aliphatic carbocycles. The Bertz CT molecular complexity index is 433. The molecule has 1 heterocycles. The summed E-state index contributed by atoms with van der Waals surface area (Å²) in [5.41, 5.74) is 1.40. The van der Waals surface area contributed by atoms with Crippen LogP contribution in [0.15, 0.2) is 42.5 Å². The lowest BCUT2D eigenvalue weighted by Gasteiger charge is -2.09. The highest BCUT2D eigenvalue weighted by Gasteiger charge is 2.08. The van der Waals surface area contributed by atoms with Gasteiger partial charge >= 0.3 is 0 Å². The molecule has 0 saturated carbocycles. The van der Waals surface area contributed by atoms with E-state index in [1.54, 1.807) is 0 Å². The maximum absolute atomic E-state index is 2.39. The van der Waals surface area contributed by atoms with E-state index in [1.807, 2.05) is 11.3 Å². The summed E-state index contributed by atoms with van der Waals surface area (Å²) in [5.74, 6) is 0. The van der Waals surface area contributed by atoms with E-state index >= 15 is 0 Å². The average molecular weight is 232 g/mol. The molecule has 2 rings (SSSR count). The summed E-state index contributed by atoms with van der Waals surface area (Å²) in [7, 11) is 0. The zero-order valence-electron chi connectivity index (χ0n) is 9.81. The molecule has 1 aromatic heterocycles. The standard InChI is InChI=1S/C14H17NS/c1-11-8-9-14(16-11)10-15-12(2)13-6-4-3-5-7-13/h3-9,12,15H,10H2,1-2H3/p+1/t12-/m0/s1. The Morgan fingerprint density at radius 1 is 1.12 bits per heavy atom. The Hall–Kier alpha value is -1.12. The average Bonchev–Trinajstić information content (AvgIpc) is 2.73. The first-order chi connectivity index (χ1) is 7.75. The molecule has 2 heteroatoms. The largest absolute Gasteiger partial charge is 0.336 e. The second-order valence-corrected chi connectivity index (χ2v) is 5.52. The van der Waals surface area contributed by atoms with Crippen molar-refractivity contribution in [2.24, 2.45) is 0 Å². The first kappa shape index (κ1) is 11.4. The molecule has 2 aromatic rings. The van der Waals surface area contributed by atoms with Crippen LogP contribution in [0.25, 0.3) is 0 Å². The van der Waals surface area contributed by atoms with Crippen LogP contribution in [0.3, 0.4) is 0 Å². The molecule has 1 atom stereocenters. The number of benzene rings is 1. The fourth-order valence-electron chi connectivity index (χ4n) is 1.78. The van der Waals surface area contributed by atoms with Gasteiger partial charge in [0, 0.05) is 10.4 Å². The molecule has 16 heavy (non-hydrogen) atoms. The van der Waals surface area contributed by atoms with Gasteiger partial charge in [-0.05, 0) is 26.0 Å². The quantitative estimate of drug-likeness (QED) is 0.835. The molecular formula is C14H18NS+. The van der Waals surface area contributed by atoms with Crippen molar-refractivity contribution in [3.63, 3.8) is 0 Å². The van der Waals surface area contributed by atoms with Gasteiger partial charge in [0.05, 0.1) is 4.88 Å². The molecule has 0 radical (unpaired) electrons. The van der Waals surface area contributed by atoms with Crippen molar-refractivity contribution in [3.8, 4) is 0 Å². The van der Waals surface area contributed by atoms with Crippen LogP contribution >= 0.6 is 11.3 Å². The molecule has 0 saturated heterocycles. The van der Waals surface area contributed by atoms with Crippen LogP contribution in [-0.4, -0.2) is 0 Å². The van der Waals surface area contributed by atoms with Gasteiger partial charge in [-0.1, -0.05) is 30.3 Å². The van der Waals surface area contributed by atoms with Crippen molar-refractivity contribution in [1.82, 2.24) is 0 Å². The van der Waals surface area contributed by atoms with E-state index in [1.165, 1.54) is 15.3 Å². The molecule has 0 bridgehead atoms. The molecule has 1 nitrogen and oxygen atoms in total. The Kier molecular flexibility index (Phi) is 3.75. The number of rotatable bonds is 4. The Morgan fingerprint density at radius 2 is 1.88 bits per heavy atom. The highest BCUT2D eigenvalue weighted by atomic mass is 32.1. The minimum Gasteiger partial charge on any atom is -0.336 e. The molecular weight excluding hydrogens is 214 g/mol. The summed E-state index contributed by atoms with van der Waals surface area (Å²) in [6.45, 7) is 5.50. The molecule has 0 amide bonds. The monoisotopic (exact) mass is 232 g/mol. The first-order valence-corrected chi connectivity index (χ1v) is 6.51. The SMILES string of the molecule is Cc1ccc(C[NH2+][C@@H](C)c2ccccc2)s1. The molecule has 1 aromatic carbocycles. The Morgan fingerprint density at radius 3 is 2.50 bits per heavy atom. The highest BCUT2D eigenvalue weighted by Crippen LogP contribution is 2.14. The number of quaternary nitrogens is 1. The lowest BCUT2D eigenvalue weighted by Crippen LogP contribution is -2.82. The van der Waals surface area contributed by atoms with Gasteiger partial charge in [0.25, 0.3) is 0 Å². The fraction of sp³-hybridized carbons (Fsp3) is 0.286. The molecule has 0 unspecified atom stereocenters. The minimum atomic E-state index is 0.531. The maximum atomic E-state index is 2.39. The summed E-state index contributed by atoms with van der Waals surface area (Å²) in [6.07, 6.45) is 0. The predicted molar refractivity (Wildman–Crippen MR) is 69.5 cm³/mol. The molecule has 84 valence electrons. The number of nitrogens with two attached hydrogens (primary N) is 1. The molecule has 0 aliphatic heterocycles. The number of aryl methyl sites for hydroxylation is 1. The van der Waals surface area contributed by atoms with Gasteiger partial charge < -0.3 is 5.32 Å². The third kappa shape index (κ3) is 2.94. The van der Waals surface area contributed by atoms with Gasteiger partial charge in [-0.25, -0.2) is 0 Å². The van der Waals surface area contributed by atoms with E-state index < -0.39 is 0 Å². The van der Waals surface area contributed by atoms with Gasteiger partial charge in [-0.15, -0.1) is 11.3 Å². The van der Waals surface area contributed by atoms with E-state index in [9.17, 15) is 0 Å². The molecule has 2 N–H and O–H groups in total. The predicted octanol–water partition coefficient (Wildman–Crippen LogP) is 2.88. The number of thiophene rings is 1. The van der Waals surface area contributed by atoms with Crippen molar-refractivity contribution in [3.05, 3.63) is 57.8 Å². The fourth-order valence-corrected chi connectivity index (χ4v) is 2.65. The Labute approximate surface area is 101 Å². The second kappa shape index (κ2) is 5.28. The summed E-state index contributed by atoms with van der Waals surface area (Å²) in [5, 5.41) is 2.39. The molecule has 0 aliphatic rings. The lowest BCUT2D eigenvalue weighted by atomic mass is 10.1. The van der Waals surface area contributed by atoms with Crippen LogP contribution < -0.4 is 5.32 Å². The van der Waals surface area contributed by atoms with E-state index in [0.717, 1.165) is 6.54 Å². The van der Waals surface area contributed by atoms with Crippen molar-refractivity contribution in [2.45, 2.75) is 26.4 Å². The third-order valence-corrected chi connectivity index (χ3v) is 3.82. The van der Waals surface area contributed by atoms with Crippen molar-refractivity contribution < 1.29 is 5.32 Å². The number of hydrogen-bond acceptors (Lipinski definition) is 1. The van der Waals surface area contributed by atoms with Crippen molar-refractivity contribution in [2.75, 3.05) is 0 Å². The maximum Gasteiger partial charge on any atom is 0.111 e. The second-order valence-electron chi connectivity index (χ2n) is 4.15. The first-order valence-electron chi connectivity index (χ1n) is 5.69. The van der Waals surface area contributed by atoms with E-state index in [0.29, 0.717) is 6.04 Å². The van der Waals surface area contributed by atoms with Gasteiger partial charge in [0.1, 0.15) is 12.6 Å². The van der Waals surface area contributed by atoms with Gasteiger partial charge in [0.2, 0.25) is 0 Å². The lowest BCUT2D eigenvalue weighted by molar-refractivity contribution is -0.707. The smallest absolute Gasteiger partial charge is 0.111 e. The van der Waals surface area contributed by atoms with E-state index in [-0.39, 0.29) is 0 Å². The zero-order valence-corrected chi connectivity index (χ0v) is 10.6. The summed E-state index contributed by atoms with van der Waals surface area (Å²) < 4.78 is 0. The van der Waals surface area contributed by atoms with Crippen LogP contribution in [0.5, 0.6) is 0 Å². The zero-order chi connectivity index (χ0) is 11.4. The van der Waals surface area contributed by atoms with E-state index in [4.69, 9.17) is 0 Å². The van der Waals surface area contributed by atoms with Crippen LogP contribution in [0.1, 0.15) is 28.3 Å². The van der Waals surface area contributed by atoms with Crippen LogP contribution in [0.2, 0.25) is 0 Å². The van der Waals surface area contributed by atoms with Gasteiger partial charge in [0.15, 0.2) is 0 Å². The minimum absolute atomic E-state index is 0.531. The summed E-state index contributed by atoms with van der Waals surface area (Å²) >= 11 is 1.89. The number of hydrogen-bond donors (Lipinski definition) is 1. The van der Waals surface area contributed by atoms with Crippen LogP contribution in [-0.2, 0) is 6.54 Å². The third-order valence-electron chi connectivity index (χ3n) is 2.79. The Balaban J connectivity index is 1.91. The van der Waals surface area contributed by atoms with E-state index in [2.05, 4.69) is 61.6 Å². The van der Waals surface area contributed by atoms with Gasteiger partial charge in [-0.2, -0.15) is 0 Å². The molecule has 0 spiro atoms. The molecule has 0 fully saturated rings. The summed E-state index contributed by atoms with van der Waals surface area (Å²) in [6, 6.07) is 15.6.